The number of nitrogens with two attached hydrogens (primary N) is 1. The van der Waals surface area contributed by atoms with Gasteiger partial charge in [-0.1, -0.05) is 0 Å². The van der Waals surface area contributed by atoms with Gasteiger partial charge in [0.1, 0.15) is 5.82 Å². The first kappa shape index (κ1) is 4.03. The number of hydrogen-bond donors (Lipinski definition) is 1. The van der Waals surface area contributed by atoms with Crippen LogP contribution in [0.3, 0.4) is 0 Å². The third-order valence-corrected chi connectivity index (χ3v) is 1.08. The first-order valence-corrected chi connectivity index (χ1v) is 2.79. The first-order valence-electron chi connectivity index (χ1n) is 4.29. The van der Waals surface area contributed by atoms with Crippen LogP contribution in [0.2, 0.25) is 0 Å². The smallest absolute Gasteiger partial charge is 0.146 e. The fraction of sp³-hybridized carbons (Fsp3) is 0.286. The monoisotopic (exact) mass is 143 g/mol. The van der Waals surface area contributed by atoms with Crippen molar-refractivity contribution in [3.63, 3.8) is 0 Å². The molecule has 54 valence electrons. The molecular weight excluding hydrogens is 131 g/mol. The van der Waals surface area contributed by atoms with Crippen molar-refractivity contribution in [2.75, 3.05) is 0 Å². The van der Waals surface area contributed by atoms with Crippen molar-refractivity contribution in [3.05, 3.63) is 29.8 Å². The number of pyridine rings is 1. The van der Waals surface area contributed by atoms with E-state index in [1.54, 1.807) is 0 Å². The van der Waals surface area contributed by atoms with Gasteiger partial charge >= 0.3 is 0 Å². The Morgan fingerprint density at radius 3 is 3.30 bits per heavy atom. The Morgan fingerprint density at radius 1 is 1.90 bits per heavy atom. The van der Waals surface area contributed by atoms with Gasteiger partial charge in [-0.05, 0) is 19.0 Å². The zero-order valence-electron chi connectivity index (χ0n) is 8.21. The van der Waals surface area contributed by atoms with Crippen LogP contribution in [-0.4, -0.2) is 4.98 Å². The first-order chi connectivity index (χ1) is 5.93. The molecule has 0 amide bonds. The molecule has 2 N–H and O–H groups in total. The molecule has 1 aromatic rings. The summed E-state index contributed by atoms with van der Waals surface area (Å²) in [5.41, 5.74) is 5.09. The van der Waals surface area contributed by atoms with Crippen molar-refractivity contribution in [2.24, 2.45) is 5.73 Å². The van der Waals surface area contributed by atoms with Gasteiger partial charge in [-0.15, -0.1) is 0 Å². The summed E-state index contributed by atoms with van der Waals surface area (Å²) in [6, 6.07) is 1.15. The molecule has 10 heavy (non-hydrogen) atoms. The van der Waals surface area contributed by atoms with Crippen molar-refractivity contribution in [1.29, 1.82) is 0 Å². The van der Waals surface area contributed by atoms with Gasteiger partial charge in [-0.3, -0.25) is 4.98 Å². The Labute approximate surface area is 63.1 Å². The molecule has 1 rings (SSSR count). The molecule has 0 saturated carbocycles. The van der Waals surface area contributed by atoms with E-state index in [1.165, 1.54) is 12.3 Å². The molecule has 1 aromatic heterocycles. The molecule has 0 bridgehead atoms. The molecule has 0 saturated heterocycles. The summed E-state index contributed by atoms with van der Waals surface area (Å²) < 4.78 is 33.9. The van der Waals surface area contributed by atoms with E-state index in [1.807, 2.05) is 0 Å². The molecule has 3 heteroatoms. The van der Waals surface area contributed by atoms with Crippen LogP contribution >= 0.6 is 0 Å². The average molecular weight is 143 g/mol. The third-order valence-electron chi connectivity index (χ3n) is 1.08. The topological polar surface area (TPSA) is 38.9 Å². The second kappa shape index (κ2) is 2.75. The summed E-state index contributed by atoms with van der Waals surface area (Å²) >= 11 is 0. The van der Waals surface area contributed by atoms with E-state index in [0.29, 0.717) is 0 Å². The highest BCUT2D eigenvalue weighted by atomic mass is 19.1. The van der Waals surface area contributed by atoms with Crippen LogP contribution in [0, 0.1) is 5.82 Å². The van der Waals surface area contributed by atoms with Gasteiger partial charge in [-0.2, -0.15) is 0 Å². The molecule has 0 aromatic carbocycles. The second-order valence-electron chi connectivity index (χ2n) is 1.85. The van der Waals surface area contributed by atoms with E-state index in [4.69, 9.17) is 9.85 Å². The Bertz CT molecular complexity index is 300. The molecule has 0 aliphatic heterocycles. The minimum atomic E-state index is -2.42. The van der Waals surface area contributed by atoms with Crippen LogP contribution in [0.15, 0.2) is 18.3 Å². The fourth-order valence-electron chi connectivity index (χ4n) is 0.627. The molecule has 0 spiro atoms. The standard InChI is InChI=1S/C7H9FN2/c1-5(9)7-6(8)3-2-4-10-7/h2-5H,9H2,1H3/t5-/m1/s1/i1D3. The average Bonchev–Trinajstić information content (AvgIpc) is 2.02. The summed E-state index contributed by atoms with van der Waals surface area (Å²) in [6.45, 7) is -2.42. The quantitative estimate of drug-likeness (QED) is 0.642. The molecule has 0 aliphatic carbocycles. The second-order valence-corrected chi connectivity index (χ2v) is 1.85. The van der Waals surface area contributed by atoms with Crippen molar-refractivity contribution in [2.45, 2.75) is 12.9 Å². The molecule has 2 nitrogen and oxygen atoms in total. The van der Waals surface area contributed by atoms with Crippen molar-refractivity contribution < 1.29 is 8.50 Å². The minimum absolute atomic E-state index is 0.220. The fourth-order valence-corrected chi connectivity index (χ4v) is 0.627. The van der Waals surface area contributed by atoms with E-state index in [9.17, 15) is 4.39 Å². The van der Waals surface area contributed by atoms with Crippen LogP contribution in [0.1, 0.15) is 22.7 Å². The highest BCUT2D eigenvalue weighted by molar-refractivity contribution is 5.09. The predicted molar refractivity (Wildman–Crippen MR) is 36.8 cm³/mol. The van der Waals surface area contributed by atoms with E-state index in [2.05, 4.69) is 4.98 Å². The summed E-state index contributed by atoms with van der Waals surface area (Å²) in [4.78, 5) is 3.58. The molecule has 0 unspecified atom stereocenters. The van der Waals surface area contributed by atoms with Gasteiger partial charge in [0.25, 0.3) is 0 Å². The lowest BCUT2D eigenvalue weighted by Crippen LogP contribution is -2.09. The number of nitrogens with zero attached hydrogens (tertiary/aromatic N) is 1. The maximum Gasteiger partial charge on any atom is 0.146 e. The zero-order chi connectivity index (χ0) is 10.1. The predicted octanol–water partition coefficient (Wildman–Crippen LogP) is 1.24. The molecule has 1 heterocycles. The van der Waals surface area contributed by atoms with Crippen molar-refractivity contribution in [3.8, 4) is 0 Å². The molecule has 0 aliphatic rings. The molecule has 0 radical (unpaired) electrons. The Balaban J connectivity index is 3.02. The van der Waals surface area contributed by atoms with Gasteiger partial charge in [0.05, 0.1) is 5.69 Å². The normalized spacial score (nSPS) is 18.8. The Kier molecular flexibility index (Phi) is 1.11. The lowest BCUT2D eigenvalue weighted by molar-refractivity contribution is 0.579. The van der Waals surface area contributed by atoms with Crippen molar-refractivity contribution in [1.82, 2.24) is 4.98 Å². The number of rotatable bonds is 1. The largest absolute Gasteiger partial charge is 0.323 e. The lowest BCUT2D eigenvalue weighted by Gasteiger charge is -2.03. The number of aromatic nitrogens is 1. The Hall–Kier alpha value is -0.960. The summed E-state index contributed by atoms with van der Waals surface area (Å²) in [5.74, 6) is -0.689. The third kappa shape index (κ3) is 1.30. The number of halogens is 1. The highest BCUT2D eigenvalue weighted by Gasteiger charge is 2.05. The SMILES string of the molecule is [2H]C([2H])([2H])[C@@H](N)c1ncccc1F. The van der Waals surface area contributed by atoms with Crippen LogP contribution in [-0.2, 0) is 0 Å². The van der Waals surface area contributed by atoms with E-state index in [0.717, 1.165) is 6.07 Å². The van der Waals surface area contributed by atoms with Crippen LogP contribution in [0.25, 0.3) is 0 Å². The van der Waals surface area contributed by atoms with Gasteiger partial charge in [0, 0.05) is 16.4 Å². The zero-order valence-corrected chi connectivity index (χ0v) is 5.21. The van der Waals surface area contributed by atoms with Crippen LogP contribution in [0.5, 0.6) is 0 Å². The highest BCUT2D eigenvalue weighted by Crippen LogP contribution is 2.09. The van der Waals surface area contributed by atoms with Crippen LogP contribution < -0.4 is 5.73 Å². The molecule has 0 fully saturated rings. The maximum absolute atomic E-state index is 13.0. The lowest BCUT2D eigenvalue weighted by atomic mass is 10.2. The van der Waals surface area contributed by atoms with E-state index < -0.39 is 18.7 Å². The van der Waals surface area contributed by atoms with Gasteiger partial charge in [0.2, 0.25) is 0 Å². The van der Waals surface area contributed by atoms with Crippen LogP contribution in [0.4, 0.5) is 4.39 Å². The minimum Gasteiger partial charge on any atom is -0.323 e. The summed E-state index contributed by atoms with van der Waals surface area (Å²) in [7, 11) is 0. The number of hydrogen-bond acceptors (Lipinski definition) is 2. The van der Waals surface area contributed by atoms with Gasteiger partial charge in [-0.25, -0.2) is 4.39 Å². The van der Waals surface area contributed by atoms with Gasteiger partial charge in [0.15, 0.2) is 0 Å². The van der Waals surface area contributed by atoms with E-state index >= 15 is 0 Å². The maximum atomic E-state index is 13.0. The Morgan fingerprint density at radius 2 is 2.70 bits per heavy atom. The summed E-state index contributed by atoms with van der Waals surface area (Å²) in [5, 5.41) is 0. The van der Waals surface area contributed by atoms with E-state index in [-0.39, 0.29) is 5.69 Å². The van der Waals surface area contributed by atoms with Crippen molar-refractivity contribution >= 4 is 0 Å². The molecular formula is C7H9FN2. The summed E-state index contributed by atoms with van der Waals surface area (Å²) in [6.07, 6.45) is 1.31. The molecule has 1 atom stereocenters. The van der Waals surface area contributed by atoms with Gasteiger partial charge < -0.3 is 5.73 Å².